The molecule has 0 unspecified atom stereocenters. The molecule has 14 heteroatoms. The summed E-state index contributed by atoms with van der Waals surface area (Å²) in [4.78, 5) is 11.9. The van der Waals surface area contributed by atoms with Gasteiger partial charge in [0.05, 0.1) is 32.7 Å². The molecule has 2 N–H and O–H groups in total. The highest BCUT2D eigenvalue weighted by Gasteiger charge is 2.32. The number of nitrogens with zero attached hydrogens (tertiary/aromatic N) is 2. The molecule has 35 heavy (non-hydrogen) atoms. The largest absolute Gasteiger partial charge is 0.416 e. The third-order valence-electron chi connectivity index (χ3n) is 4.62. The summed E-state index contributed by atoms with van der Waals surface area (Å²) in [6.45, 7) is 3.39. The van der Waals surface area contributed by atoms with Crippen LogP contribution < -0.4 is 10.0 Å². The summed E-state index contributed by atoms with van der Waals surface area (Å²) < 4.78 is 92.6. The van der Waals surface area contributed by atoms with E-state index in [4.69, 9.17) is 5.26 Å². The number of sulfonamides is 2. The Balaban J connectivity index is 2.42. The molecule has 2 rings (SSSR count). The molecule has 0 fully saturated rings. The van der Waals surface area contributed by atoms with E-state index in [9.17, 15) is 34.8 Å². The molecule has 0 atom stereocenters. The highest BCUT2D eigenvalue weighted by molar-refractivity contribution is 7.92. The lowest BCUT2D eigenvalue weighted by molar-refractivity contribution is -0.137. The minimum atomic E-state index is -4.82. The lowest BCUT2D eigenvalue weighted by Crippen LogP contribution is -2.27. The average molecular weight is 531 g/mol. The third-order valence-corrected chi connectivity index (χ3v) is 7.83. The number of carbonyl (C=O) groups excluding carboxylic acids is 1. The van der Waals surface area contributed by atoms with E-state index in [0.29, 0.717) is 12.1 Å². The molecule has 0 saturated heterocycles. The average Bonchev–Trinajstić information content (AvgIpc) is 2.77. The highest BCUT2D eigenvalue weighted by atomic mass is 32.2. The normalized spacial score (nSPS) is 12.1. The van der Waals surface area contributed by atoms with Crippen molar-refractivity contribution in [3.63, 3.8) is 0 Å². The maximum absolute atomic E-state index is 13.2. The van der Waals surface area contributed by atoms with Gasteiger partial charge in [0.25, 0.3) is 15.9 Å². The summed E-state index contributed by atoms with van der Waals surface area (Å²) in [7, 11) is -5.78. The van der Waals surface area contributed by atoms with Crippen molar-refractivity contribution < 1.29 is 34.8 Å². The number of nitriles is 1. The highest BCUT2D eigenvalue weighted by Crippen LogP contribution is 2.33. The lowest BCUT2D eigenvalue weighted by atomic mass is 10.1. The first-order valence-electron chi connectivity index (χ1n) is 9.72. The quantitative estimate of drug-likeness (QED) is 0.479. The Morgan fingerprint density at radius 2 is 1.63 bits per heavy atom. The van der Waals surface area contributed by atoms with Crippen molar-refractivity contribution in [3.8, 4) is 6.07 Å². The Morgan fingerprint density at radius 1 is 1.06 bits per heavy atom. The number of halogens is 3. The zero-order valence-corrected chi connectivity index (χ0v) is 20.2. The second-order valence-corrected chi connectivity index (χ2v) is 11.2. The van der Waals surface area contributed by atoms with Gasteiger partial charge in [-0.25, -0.2) is 21.1 Å². The molecule has 0 aliphatic carbocycles. The van der Waals surface area contributed by atoms with Crippen molar-refractivity contribution in [1.29, 1.82) is 5.26 Å². The second-order valence-electron chi connectivity index (χ2n) is 7.34. The van der Waals surface area contributed by atoms with Crippen molar-refractivity contribution in [2.45, 2.75) is 22.4 Å². The van der Waals surface area contributed by atoms with Crippen LogP contribution in [0.4, 0.5) is 18.9 Å². The molecule has 2 aromatic carbocycles. The predicted molar refractivity (Wildman–Crippen MR) is 121 cm³/mol. The number of rotatable bonds is 9. The van der Waals surface area contributed by atoms with E-state index in [1.54, 1.807) is 6.07 Å². The predicted octanol–water partition coefficient (Wildman–Crippen LogP) is 2.96. The third kappa shape index (κ3) is 6.81. The standard InChI is InChI=1S/C21H21F3N4O5S2/c1-14(13-25)10-11-26-20(29)18-9-4-15(21(22,23)24)12-19(18)27-34(30,31)16-5-7-17(8-6-16)35(32,33)28(2)3/h4-9,12,27H,1,10-11H2,2-3H3,(H,26,29). The molecule has 188 valence electrons. The first kappa shape index (κ1) is 27.8. The topological polar surface area (TPSA) is 136 Å². The van der Waals surface area contributed by atoms with Crippen LogP contribution in [0.5, 0.6) is 0 Å². The zero-order chi connectivity index (χ0) is 26.6. The van der Waals surface area contributed by atoms with Gasteiger partial charge in [0.15, 0.2) is 0 Å². The van der Waals surface area contributed by atoms with Crippen LogP contribution in [-0.4, -0.2) is 47.7 Å². The van der Waals surface area contributed by atoms with Gasteiger partial charge >= 0.3 is 6.18 Å². The Hall–Kier alpha value is -3.41. The monoisotopic (exact) mass is 530 g/mol. The maximum atomic E-state index is 13.2. The van der Waals surface area contributed by atoms with Gasteiger partial charge in [-0.1, -0.05) is 6.58 Å². The van der Waals surface area contributed by atoms with Crippen molar-refractivity contribution in [2.24, 2.45) is 0 Å². The van der Waals surface area contributed by atoms with Gasteiger partial charge in [0.1, 0.15) is 0 Å². The Morgan fingerprint density at radius 3 is 2.14 bits per heavy atom. The fourth-order valence-electron chi connectivity index (χ4n) is 2.69. The summed E-state index contributed by atoms with van der Waals surface area (Å²) in [6.07, 6.45) is -4.73. The van der Waals surface area contributed by atoms with Gasteiger partial charge in [-0.15, -0.1) is 0 Å². The van der Waals surface area contributed by atoms with Crippen LogP contribution >= 0.6 is 0 Å². The first-order valence-corrected chi connectivity index (χ1v) is 12.6. The van der Waals surface area contributed by atoms with Crippen LogP contribution in [0.15, 0.2) is 64.4 Å². The minimum Gasteiger partial charge on any atom is -0.352 e. The molecular formula is C21H21F3N4O5S2. The molecule has 0 aromatic heterocycles. The smallest absolute Gasteiger partial charge is 0.352 e. The van der Waals surface area contributed by atoms with E-state index in [2.05, 4.69) is 11.9 Å². The Bertz CT molecular complexity index is 1380. The summed E-state index contributed by atoms with van der Waals surface area (Å²) >= 11 is 0. The molecule has 0 spiro atoms. The van der Waals surface area contributed by atoms with Crippen LogP contribution in [0.25, 0.3) is 0 Å². The van der Waals surface area contributed by atoms with E-state index in [0.717, 1.165) is 34.6 Å². The fraction of sp³-hybridized carbons (Fsp3) is 0.238. The fourth-order valence-corrected chi connectivity index (χ4v) is 4.66. The van der Waals surface area contributed by atoms with Crippen LogP contribution in [-0.2, 0) is 26.2 Å². The van der Waals surface area contributed by atoms with Crippen LogP contribution in [0.2, 0.25) is 0 Å². The molecule has 0 heterocycles. The van der Waals surface area contributed by atoms with E-state index in [-0.39, 0.29) is 23.4 Å². The SMILES string of the molecule is C=C(C#N)CCNC(=O)c1ccc(C(F)(F)F)cc1NS(=O)(=O)c1ccc(S(=O)(=O)N(C)C)cc1. The molecular weight excluding hydrogens is 509 g/mol. The number of benzene rings is 2. The molecule has 9 nitrogen and oxygen atoms in total. The second kappa shape index (κ2) is 10.5. The van der Waals surface area contributed by atoms with Crippen molar-refractivity contribution >= 4 is 31.6 Å². The molecule has 2 aromatic rings. The van der Waals surface area contributed by atoms with Gasteiger partial charge in [-0.2, -0.15) is 18.4 Å². The van der Waals surface area contributed by atoms with Gasteiger partial charge in [-0.05, 0) is 48.9 Å². The summed E-state index contributed by atoms with van der Waals surface area (Å²) in [5, 5.41) is 11.1. The Kier molecular flexibility index (Phi) is 8.32. The number of anilines is 1. The van der Waals surface area contributed by atoms with Crippen molar-refractivity contribution in [1.82, 2.24) is 9.62 Å². The lowest BCUT2D eigenvalue weighted by Gasteiger charge is -2.16. The minimum absolute atomic E-state index is 0.0553. The molecule has 0 bridgehead atoms. The van der Waals surface area contributed by atoms with E-state index < -0.39 is 53.8 Å². The molecule has 0 aliphatic rings. The molecule has 0 saturated carbocycles. The first-order chi connectivity index (χ1) is 16.1. The van der Waals surface area contributed by atoms with Gasteiger partial charge in [0, 0.05) is 26.2 Å². The zero-order valence-electron chi connectivity index (χ0n) is 18.5. The van der Waals surface area contributed by atoms with Crippen LogP contribution in [0, 0.1) is 11.3 Å². The Labute approximate surface area is 201 Å². The molecule has 0 radical (unpaired) electrons. The summed E-state index contributed by atoms with van der Waals surface area (Å²) in [5.41, 5.74) is -2.06. The van der Waals surface area contributed by atoms with E-state index in [1.807, 2.05) is 4.72 Å². The van der Waals surface area contributed by atoms with E-state index in [1.165, 1.54) is 14.1 Å². The van der Waals surface area contributed by atoms with Crippen molar-refractivity contribution in [3.05, 3.63) is 65.7 Å². The number of hydrogen-bond acceptors (Lipinski definition) is 6. The van der Waals surface area contributed by atoms with Gasteiger partial charge in [0.2, 0.25) is 10.0 Å². The molecule has 1 amide bonds. The maximum Gasteiger partial charge on any atom is 0.416 e. The number of carbonyl (C=O) groups is 1. The van der Waals surface area contributed by atoms with Crippen LogP contribution in [0.3, 0.4) is 0 Å². The van der Waals surface area contributed by atoms with Gasteiger partial charge in [-0.3, -0.25) is 9.52 Å². The number of hydrogen-bond donors (Lipinski definition) is 2. The number of amides is 1. The number of nitrogens with one attached hydrogen (secondary N) is 2. The summed E-state index contributed by atoms with van der Waals surface area (Å²) in [5.74, 6) is -0.880. The summed E-state index contributed by atoms with van der Waals surface area (Å²) in [6, 6.07) is 7.72. The van der Waals surface area contributed by atoms with Crippen LogP contribution in [0.1, 0.15) is 22.3 Å². The van der Waals surface area contributed by atoms with Gasteiger partial charge < -0.3 is 5.32 Å². The van der Waals surface area contributed by atoms with E-state index >= 15 is 0 Å². The molecule has 0 aliphatic heterocycles. The number of alkyl halides is 3. The van der Waals surface area contributed by atoms with Crippen molar-refractivity contribution in [2.75, 3.05) is 25.4 Å².